The van der Waals surface area contributed by atoms with Crippen molar-refractivity contribution in [3.8, 4) is 5.75 Å². The monoisotopic (exact) mass is 291 g/mol. The first-order valence-electron chi connectivity index (χ1n) is 7.70. The molecule has 2 atom stereocenters. The van der Waals surface area contributed by atoms with Gasteiger partial charge >= 0.3 is 0 Å². The molecule has 4 heteroatoms. The molecule has 4 nitrogen and oxygen atoms in total. The predicted octanol–water partition coefficient (Wildman–Crippen LogP) is 3.17. The second-order valence-electron chi connectivity index (χ2n) is 5.59. The minimum Gasteiger partial charge on any atom is -0.497 e. The maximum absolute atomic E-state index is 12.3. The van der Waals surface area contributed by atoms with Crippen LogP contribution in [-0.2, 0) is 9.53 Å². The lowest BCUT2D eigenvalue weighted by Gasteiger charge is -2.38. The summed E-state index contributed by atoms with van der Waals surface area (Å²) in [5, 5.41) is 0. The molecule has 0 aromatic heterocycles. The van der Waals surface area contributed by atoms with Gasteiger partial charge in [-0.05, 0) is 31.0 Å². The highest BCUT2D eigenvalue weighted by Gasteiger charge is 2.29. The number of benzene rings is 1. The van der Waals surface area contributed by atoms with Crippen LogP contribution in [0.1, 0.15) is 44.8 Å². The maximum Gasteiger partial charge on any atom is 0.222 e. The van der Waals surface area contributed by atoms with Crippen LogP contribution in [0.15, 0.2) is 24.3 Å². The van der Waals surface area contributed by atoms with Gasteiger partial charge in [0.15, 0.2) is 0 Å². The van der Waals surface area contributed by atoms with Crippen LogP contribution in [0.3, 0.4) is 0 Å². The summed E-state index contributed by atoms with van der Waals surface area (Å²) in [6.45, 7) is 5.38. The molecule has 1 saturated heterocycles. The summed E-state index contributed by atoms with van der Waals surface area (Å²) in [5.74, 6) is 1.07. The fraction of sp³-hybridized carbons (Fsp3) is 0.588. The first-order valence-corrected chi connectivity index (χ1v) is 7.70. The second-order valence-corrected chi connectivity index (χ2v) is 5.59. The van der Waals surface area contributed by atoms with Crippen LogP contribution < -0.4 is 4.74 Å². The molecule has 0 bridgehead atoms. The zero-order valence-corrected chi connectivity index (χ0v) is 13.2. The van der Waals surface area contributed by atoms with Gasteiger partial charge in [-0.2, -0.15) is 0 Å². The molecule has 0 spiro atoms. The van der Waals surface area contributed by atoms with E-state index in [-0.39, 0.29) is 18.1 Å². The van der Waals surface area contributed by atoms with Crippen molar-refractivity contribution in [1.82, 2.24) is 4.90 Å². The predicted molar refractivity (Wildman–Crippen MR) is 82.4 cm³/mol. The first kappa shape index (κ1) is 15.8. The summed E-state index contributed by atoms with van der Waals surface area (Å²) in [4.78, 5) is 14.3. The Morgan fingerprint density at radius 2 is 2.10 bits per heavy atom. The third-order valence-electron chi connectivity index (χ3n) is 3.99. The largest absolute Gasteiger partial charge is 0.497 e. The summed E-state index contributed by atoms with van der Waals surface area (Å²) >= 11 is 0. The molecule has 1 amide bonds. The number of ether oxygens (including phenoxy) is 2. The quantitative estimate of drug-likeness (QED) is 0.836. The van der Waals surface area contributed by atoms with E-state index < -0.39 is 0 Å². The van der Waals surface area contributed by atoms with Crippen molar-refractivity contribution in [3.05, 3.63) is 29.8 Å². The van der Waals surface area contributed by atoms with E-state index in [1.807, 2.05) is 36.1 Å². The molecule has 1 aromatic carbocycles. The van der Waals surface area contributed by atoms with Gasteiger partial charge in [-0.3, -0.25) is 4.79 Å². The fourth-order valence-corrected chi connectivity index (χ4v) is 2.60. The van der Waals surface area contributed by atoms with Crippen LogP contribution in [0.4, 0.5) is 0 Å². The van der Waals surface area contributed by atoms with E-state index in [1.54, 1.807) is 7.11 Å². The molecule has 0 radical (unpaired) electrons. The van der Waals surface area contributed by atoms with E-state index in [4.69, 9.17) is 9.47 Å². The van der Waals surface area contributed by atoms with Crippen LogP contribution in [-0.4, -0.2) is 37.1 Å². The summed E-state index contributed by atoms with van der Waals surface area (Å²) in [6, 6.07) is 8.03. The van der Waals surface area contributed by atoms with Gasteiger partial charge in [0.2, 0.25) is 5.91 Å². The lowest BCUT2D eigenvalue weighted by atomic mass is 10.0. The minimum atomic E-state index is -0.0438. The Hall–Kier alpha value is -1.55. The van der Waals surface area contributed by atoms with Crippen LogP contribution in [0, 0.1) is 0 Å². The number of rotatable bonds is 5. The van der Waals surface area contributed by atoms with E-state index in [1.165, 1.54) is 0 Å². The zero-order valence-electron chi connectivity index (χ0n) is 13.2. The summed E-state index contributed by atoms with van der Waals surface area (Å²) in [5.41, 5.74) is 1.09. The number of carbonyl (C=O) groups is 1. The molecular weight excluding hydrogens is 266 g/mol. The molecule has 1 aliphatic heterocycles. The Morgan fingerprint density at radius 1 is 1.38 bits per heavy atom. The molecule has 1 aromatic rings. The highest BCUT2D eigenvalue weighted by molar-refractivity contribution is 5.76. The number of hydrogen-bond acceptors (Lipinski definition) is 3. The number of unbranched alkanes of at least 4 members (excludes halogenated alkanes) is 1. The van der Waals surface area contributed by atoms with Crippen molar-refractivity contribution in [1.29, 1.82) is 0 Å². The Balaban J connectivity index is 2.03. The van der Waals surface area contributed by atoms with E-state index in [2.05, 4.69) is 6.92 Å². The first-order chi connectivity index (χ1) is 10.2. The van der Waals surface area contributed by atoms with E-state index in [9.17, 15) is 4.79 Å². The third kappa shape index (κ3) is 3.97. The number of amides is 1. The van der Waals surface area contributed by atoms with Gasteiger partial charge in [-0.15, -0.1) is 0 Å². The van der Waals surface area contributed by atoms with Gasteiger partial charge in [-0.1, -0.05) is 25.5 Å². The van der Waals surface area contributed by atoms with Gasteiger partial charge in [0.05, 0.1) is 26.3 Å². The Kier molecular flexibility index (Phi) is 5.62. The second kappa shape index (κ2) is 7.46. The molecule has 1 aliphatic rings. The lowest BCUT2D eigenvalue weighted by Crippen LogP contribution is -2.48. The Bertz CT molecular complexity index is 458. The smallest absolute Gasteiger partial charge is 0.222 e. The highest BCUT2D eigenvalue weighted by Crippen LogP contribution is 2.27. The van der Waals surface area contributed by atoms with Crippen molar-refractivity contribution in [2.45, 2.75) is 45.3 Å². The number of hydrogen-bond donors (Lipinski definition) is 0. The van der Waals surface area contributed by atoms with Crippen molar-refractivity contribution < 1.29 is 14.3 Å². The highest BCUT2D eigenvalue weighted by atomic mass is 16.5. The molecule has 0 N–H and O–H groups in total. The van der Waals surface area contributed by atoms with Crippen molar-refractivity contribution in [2.24, 2.45) is 0 Å². The molecule has 2 unspecified atom stereocenters. The summed E-state index contributed by atoms with van der Waals surface area (Å²) < 4.78 is 11.1. The van der Waals surface area contributed by atoms with Gasteiger partial charge in [0.1, 0.15) is 11.9 Å². The van der Waals surface area contributed by atoms with Crippen LogP contribution in [0.25, 0.3) is 0 Å². The number of carbonyl (C=O) groups excluding carboxylic acids is 1. The molecule has 0 aliphatic carbocycles. The van der Waals surface area contributed by atoms with Gasteiger partial charge < -0.3 is 14.4 Å². The van der Waals surface area contributed by atoms with E-state index in [0.29, 0.717) is 19.6 Å². The molecular formula is C17H25NO3. The molecule has 116 valence electrons. The molecule has 0 saturated carbocycles. The maximum atomic E-state index is 12.3. The van der Waals surface area contributed by atoms with Crippen molar-refractivity contribution >= 4 is 5.91 Å². The Morgan fingerprint density at radius 3 is 2.71 bits per heavy atom. The SMILES string of the molecule is CCCCC(=O)N1CC(c2ccc(OC)cc2)OCC1C. The summed E-state index contributed by atoms with van der Waals surface area (Å²) in [6.07, 6.45) is 2.59. The van der Waals surface area contributed by atoms with Crippen molar-refractivity contribution in [2.75, 3.05) is 20.3 Å². The third-order valence-corrected chi connectivity index (χ3v) is 3.99. The number of nitrogens with zero attached hydrogens (tertiary/aromatic N) is 1. The van der Waals surface area contributed by atoms with Crippen LogP contribution >= 0.6 is 0 Å². The number of morpholine rings is 1. The normalized spacial score (nSPS) is 22.1. The standard InChI is InChI=1S/C17H25NO3/c1-4-5-6-17(19)18-11-16(21-12-13(18)2)14-7-9-15(20-3)10-8-14/h7-10,13,16H,4-6,11-12H2,1-3H3. The molecule has 1 fully saturated rings. The minimum absolute atomic E-state index is 0.0438. The number of methoxy groups -OCH3 is 1. The molecule has 21 heavy (non-hydrogen) atoms. The van der Waals surface area contributed by atoms with Crippen LogP contribution in [0.5, 0.6) is 5.75 Å². The Labute approximate surface area is 127 Å². The average Bonchev–Trinajstić information content (AvgIpc) is 2.53. The van der Waals surface area contributed by atoms with E-state index in [0.717, 1.165) is 24.2 Å². The van der Waals surface area contributed by atoms with Crippen LogP contribution in [0.2, 0.25) is 0 Å². The van der Waals surface area contributed by atoms with Gasteiger partial charge in [0, 0.05) is 6.42 Å². The summed E-state index contributed by atoms with van der Waals surface area (Å²) in [7, 11) is 1.65. The molecule has 2 rings (SSSR count). The zero-order chi connectivity index (χ0) is 15.2. The van der Waals surface area contributed by atoms with Crippen molar-refractivity contribution in [3.63, 3.8) is 0 Å². The van der Waals surface area contributed by atoms with E-state index >= 15 is 0 Å². The fourth-order valence-electron chi connectivity index (χ4n) is 2.60. The van der Waals surface area contributed by atoms with Gasteiger partial charge in [-0.25, -0.2) is 0 Å². The van der Waals surface area contributed by atoms with Gasteiger partial charge in [0.25, 0.3) is 0 Å². The topological polar surface area (TPSA) is 38.8 Å². The molecule has 1 heterocycles. The average molecular weight is 291 g/mol. The lowest BCUT2D eigenvalue weighted by molar-refractivity contribution is -0.144.